The van der Waals surface area contributed by atoms with Crippen molar-refractivity contribution < 1.29 is 13.5 Å². The normalized spacial score (nSPS) is 10.7. The summed E-state index contributed by atoms with van der Waals surface area (Å²) in [6, 6.07) is 3.32. The average molecular weight is 348 g/mol. The molecule has 0 saturated carbocycles. The molecule has 0 fully saturated rings. The molecule has 0 saturated heterocycles. The van der Waals surface area contributed by atoms with Crippen LogP contribution in [0.1, 0.15) is 0 Å². The molecule has 0 N–H and O–H groups in total. The van der Waals surface area contributed by atoms with Crippen molar-refractivity contribution in [1.29, 1.82) is 0 Å². The van der Waals surface area contributed by atoms with Crippen molar-refractivity contribution in [3.63, 3.8) is 0 Å². The lowest BCUT2D eigenvalue weighted by molar-refractivity contribution is -0.0505. The average Bonchev–Trinajstić information content (AvgIpc) is 2.09. The third kappa shape index (κ3) is 3.10. The zero-order valence-corrected chi connectivity index (χ0v) is 11.0. The molecule has 0 radical (unpaired) electrons. The van der Waals surface area contributed by atoms with Crippen LogP contribution in [0, 0.1) is 0 Å². The summed E-state index contributed by atoms with van der Waals surface area (Å²) in [6.45, 7) is -2.81. The maximum Gasteiger partial charge on any atom is 0.387 e. The molecule has 78 valence electrons. The van der Waals surface area contributed by atoms with Gasteiger partial charge in [-0.2, -0.15) is 8.78 Å². The standard InChI is InChI=1S/C8H6Br2F2OS/c1-14-6-3-4(9)2-5(7(6)10)13-8(11)12/h2-3,8H,1H3. The molecule has 0 atom stereocenters. The number of hydrogen-bond donors (Lipinski definition) is 0. The van der Waals surface area contributed by atoms with Crippen molar-refractivity contribution in [2.45, 2.75) is 11.5 Å². The van der Waals surface area contributed by atoms with Gasteiger partial charge in [0.25, 0.3) is 0 Å². The van der Waals surface area contributed by atoms with Gasteiger partial charge >= 0.3 is 6.61 Å². The van der Waals surface area contributed by atoms with Gasteiger partial charge in [0.1, 0.15) is 5.75 Å². The highest BCUT2D eigenvalue weighted by molar-refractivity contribution is 9.11. The van der Waals surface area contributed by atoms with Crippen molar-refractivity contribution in [3.05, 3.63) is 21.1 Å². The fourth-order valence-corrected chi connectivity index (χ4v) is 2.79. The number of halogens is 4. The molecular weight excluding hydrogens is 342 g/mol. The summed E-state index contributed by atoms with van der Waals surface area (Å²) in [5.74, 6) is 0.138. The maximum atomic E-state index is 12.0. The van der Waals surface area contributed by atoms with E-state index in [1.165, 1.54) is 17.8 Å². The highest BCUT2D eigenvalue weighted by atomic mass is 79.9. The number of benzene rings is 1. The zero-order valence-electron chi connectivity index (χ0n) is 7.06. The second-order valence-corrected chi connectivity index (χ2v) is 4.86. The Bertz CT molecular complexity index is 333. The Balaban J connectivity index is 3.08. The molecule has 1 rings (SSSR count). The lowest BCUT2D eigenvalue weighted by Gasteiger charge is -2.10. The van der Waals surface area contributed by atoms with Crippen LogP contribution in [-0.2, 0) is 0 Å². The first-order valence-corrected chi connectivity index (χ1v) is 6.33. The molecule has 0 spiro atoms. The number of thioether (sulfide) groups is 1. The van der Waals surface area contributed by atoms with Crippen molar-refractivity contribution in [1.82, 2.24) is 0 Å². The van der Waals surface area contributed by atoms with E-state index in [0.29, 0.717) is 8.95 Å². The van der Waals surface area contributed by atoms with Crippen LogP contribution in [0.15, 0.2) is 26.0 Å². The maximum absolute atomic E-state index is 12.0. The first-order valence-electron chi connectivity index (χ1n) is 3.52. The van der Waals surface area contributed by atoms with Crippen molar-refractivity contribution in [2.75, 3.05) is 6.26 Å². The molecule has 0 unspecified atom stereocenters. The number of alkyl halides is 2. The van der Waals surface area contributed by atoms with Crippen LogP contribution < -0.4 is 4.74 Å². The van der Waals surface area contributed by atoms with Gasteiger partial charge in [-0.3, -0.25) is 0 Å². The molecule has 6 heteroatoms. The first-order chi connectivity index (χ1) is 6.54. The molecule has 0 heterocycles. The number of rotatable bonds is 3. The fraction of sp³-hybridized carbons (Fsp3) is 0.250. The van der Waals surface area contributed by atoms with Gasteiger partial charge in [-0.25, -0.2) is 0 Å². The van der Waals surface area contributed by atoms with Gasteiger partial charge in [-0.15, -0.1) is 11.8 Å². The third-order valence-electron chi connectivity index (χ3n) is 1.41. The molecule has 14 heavy (non-hydrogen) atoms. The van der Waals surface area contributed by atoms with E-state index < -0.39 is 6.61 Å². The molecule has 0 bridgehead atoms. The summed E-state index contributed by atoms with van der Waals surface area (Å²) in [6.07, 6.45) is 1.86. The fourth-order valence-electron chi connectivity index (χ4n) is 0.871. The van der Waals surface area contributed by atoms with E-state index in [0.717, 1.165) is 4.90 Å². The molecule has 0 aliphatic rings. The first kappa shape index (κ1) is 12.3. The Labute approximate surface area is 101 Å². The van der Waals surface area contributed by atoms with E-state index in [1.807, 2.05) is 12.3 Å². The lowest BCUT2D eigenvalue weighted by atomic mass is 10.3. The summed E-state index contributed by atoms with van der Waals surface area (Å²) in [5.41, 5.74) is 0. The van der Waals surface area contributed by atoms with Crippen LogP contribution in [0.5, 0.6) is 5.75 Å². The Morgan fingerprint density at radius 2 is 2.00 bits per heavy atom. The summed E-state index contributed by atoms with van der Waals surface area (Å²) in [5, 5.41) is 0. The van der Waals surface area contributed by atoms with Gasteiger partial charge in [-0.1, -0.05) is 15.9 Å². The third-order valence-corrected chi connectivity index (χ3v) is 3.71. The van der Waals surface area contributed by atoms with Crippen LogP contribution in [-0.4, -0.2) is 12.9 Å². The Morgan fingerprint density at radius 3 is 2.50 bits per heavy atom. The molecule has 1 aromatic carbocycles. The smallest absolute Gasteiger partial charge is 0.387 e. The van der Waals surface area contributed by atoms with Gasteiger partial charge in [0.2, 0.25) is 0 Å². The van der Waals surface area contributed by atoms with Gasteiger partial charge in [0.05, 0.1) is 4.47 Å². The van der Waals surface area contributed by atoms with E-state index in [2.05, 4.69) is 36.6 Å². The highest BCUT2D eigenvalue weighted by Gasteiger charge is 2.12. The van der Waals surface area contributed by atoms with Crippen LogP contribution in [0.2, 0.25) is 0 Å². The van der Waals surface area contributed by atoms with Crippen LogP contribution in [0.4, 0.5) is 8.78 Å². The van der Waals surface area contributed by atoms with E-state index in [-0.39, 0.29) is 5.75 Å². The molecule has 1 nitrogen and oxygen atoms in total. The summed E-state index contributed by atoms with van der Waals surface area (Å²) < 4.78 is 29.6. The second kappa shape index (κ2) is 5.32. The predicted molar refractivity (Wildman–Crippen MR) is 60.3 cm³/mol. The molecule has 0 amide bonds. The molecule has 0 aromatic heterocycles. The Morgan fingerprint density at radius 1 is 1.36 bits per heavy atom. The zero-order chi connectivity index (χ0) is 10.7. The van der Waals surface area contributed by atoms with Crippen molar-refractivity contribution in [2.24, 2.45) is 0 Å². The monoisotopic (exact) mass is 346 g/mol. The number of hydrogen-bond acceptors (Lipinski definition) is 2. The van der Waals surface area contributed by atoms with Gasteiger partial charge in [0.15, 0.2) is 0 Å². The highest BCUT2D eigenvalue weighted by Crippen LogP contribution is 2.37. The van der Waals surface area contributed by atoms with E-state index >= 15 is 0 Å². The number of ether oxygens (including phenoxy) is 1. The lowest BCUT2D eigenvalue weighted by Crippen LogP contribution is -2.02. The summed E-state index contributed by atoms with van der Waals surface area (Å²) >= 11 is 7.87. The van der Waals surface area contributed by atoms with Crippen LogP contribution in [0.3, 0.4) is 0 Å². The van der Waals surface area contributed by atoms with Gasteiger partial charge < -0.3 is 4.74 Å². The molecular formula is C8H6Br2F2OS. The molecule has 1 aromatic rings. The minimum Gasteiger partial charge on any atom is -0.434 e. The SMILES string of the molecule is CSc1cc(Br)cc(OC(F)F)c1Br. The van der Waals surface area contributed by atoms with E-state index in [9.17, 15) is 8.78 Å². The second-order valence-electron chi connectivity index (χ2n) is 2.30. The van der Waals surface area contributed by atoms with E-state index in [4.69, 9.17) is 0 Å². The van der Waals surface area contributed by atoms with Crippen molar-refractivity contribution in [3.8, 4) is 5.75 Å². The van der Waals surface area contributed by atoms with Crippen LogP contribution >= 0.6 is 43.6 Å². The minimum atomic E-state index is -2.81. The molecule has 0 aliphatic carbocycles. The largest absolute Gasteiger partial charge is 0.434 e. The Kier molecular flexibility index (Phi) is 4.66. The summed E-state index contributed by atoms with van der Waals surface area (Å²) in [4.78, 5) is 0.843. The van der Waals surface area contributed by atoms with Gasteiger partial charge in [-0.05, 0) is 34.3 Å². The predicted octanol–water partition coefficient (Wildman–Crippen LogP) is 4.53. The Hall–Kier alpha value is 0.190. The molecule has 0 aliphatic heterocycles. The topological polar surface area (TPSA) is 9.23 Å². The van der Waals surface area contributed by atoms with Crippen LogP contribution in [0.25, 0.3) is 0 Å². The van der Waals surface area contributed by atoms with Crippen molar-refractivity contribution >= 4 is 43.6 Å². The minimum absolute atomic E-state index is 0.138. The quantitative estimate of drug-likeness (QED) is 0.742. The van der Waals surface area contributed by atoms with E-state index in [1.54, 1.807) is 0 Å². The van der Waals surface area contributed by atoms with Gasteiger partial charge in [0, 0.05) is 9.37 Å². The summed E-state index contributed by atoms with van der Waals surface area (Å²) in [7, 11) is 0.